The molecule has 0 amide bonds. The van der Waals surface area contributed by atoms with Crippen LogP contribution in [-0.2, 0) is 0 Å². The zero-order valence-corrected chi connectivity index (χ0v) is 27.9. The molecule has 8 aromatic carbocycles. The summed E-state index contributed by atoms with van der Waals surface area (Å²) in [5.74, 6) is 1.83. The summed E-state index contributed by atoms with van der Waals surface area (Å²) >= 11 is 0. The van der Waals surface area contributed by atoms with E-state index in [2.05, 4.69) is 102 Å². The predicted octanol–water partition coefficient (Wildman–Crippen LogP) is 12.2. The normalized spacial score (nSPS) is 11.8. The van der Waals surface area contributed by atoms with Crippen LogP contribution in [0.15, 0.2) is 174 Å². The van der Waals surface area contributed by atoms with Gasteiger partial charge in [-0.1, -0.05) is 127 Å². The lowest BCUT2D eigenvalue weighted by molar-refractivity contribution is 0.666. The second-order valence-electron chi connectivity index (χ2n) is 13.2. The lowest BCUT2D eigenvalue weighted by Gasteiger charge is -2.13. The first-order chi connectivity index (χ1) is 25.8. The molecule has 0 unspecified atom stereocenters. The van der Waals surface area contributed by atoms with Gasteiger partial charge in [-0.25, -0.2) is 15.0 Å². The van der Waals surface area contributed by atoms with E-state index in [1.807, 2.05) is 72.8 Å². The van der Waals surface area contributed by atoms with Crippen molar-refractivity contribution in [2.45, 2.75) is 0 Å². The minimum atomic E-state index is 0.593. The summed E-state index contributed by atoms with van der Waals surface area (Å²) in [5.41, 5.74) is 7.53. The summed E-state index contributed by atoms with van der Waals surface area (Å²) in [6, 6.07) is 59.2. The third-order valence-electron chi connectivity index (χ3n) is 10.2. The molecule has 52 heavy (non-hydrogen) atoms. The Morgan fingerprint density at radius 1 is 0.404 bits per heavy atom. The van der Waals surface area contributed by atoms with E-state index in [1.54, 1.807) is 0 Å². The molecule has 0 N–H and O–H groups in total. The van der Waals surface area contributed by atoms with Crippen molar-refractivity contribution in [1.29, 1.82) is 0 Å². The fraction of sp³-hybridized carbons (Fsp3) is 0. The summed E-state index contributed by atoms with van der Waals surface area (Å²) < 4.78 is 9.25. The number of hydrogen-bond acceptors (Lipinski definition) is 4. The fourth-order valence-electron chi connectivity index (χ4n) is 7.75. The molecule has 0 saturated heterocycles. The predicted molar refractivity (Wildman–Crippen MR) is 213 cm³/mol. The fourth-order valence-corrected chi connectivity index (χ4v) is 7.75. The largest absolute Gasteiger partial charge is 0.454 e. The average molecular weight is 665 g/mol. The molecule has 0 radical (unpaired) electrons. The van der Waals surface area contributed by atoms with Gasteiger partial charge in [0.1, 0.15) is 5.58 Å². The Balaban J connectivity index is 1.25. The third kappa shape index (κ3) is 4.39. The van der Waals surface area contributed by atoms with Gasteiger partial charge in [-0.2, -0.15) is 0 Å². The van der Waals surface area contributed by atoms with Gasteiger partial charge in [0.25, 0.3) is 0 Å². The van der Waals surface area contributed by atoms with Gasteiger partial charge >= 0.3 is 0 Å². The van der Waals surface area contributed by atoms with Crippen LogP contribution < -0.4 is 0 Å². The zero-order valence-electron chi connectivity index (χ0n) is 27.9. The van der Waals surface area contributed by atoms with Crippen molar-refractivity contribution in [2.75, 3.05) is 0 Å². The number of nitrogens with zero attached hydrogens (tertiary/aromatic N) is 4. The van der Waals surface area contributed by atoms with Crippen molar-refractivity contribution in [2.24, 2.45) is 0 Å². The van der Waals surface area contributed by atoms with Crippen LogP contribution in [0.25, 0.3) is 105 Å². The standard InChI is InChI=1S/C47H28N4O/c1-3-13-29(14-4-1)45-48-46(30-15-5-2-6-16-30)50-47(49-45)36-23-24-39(44-43(36)35-21-11-12-22-42(35)52-44)51-40-27-33-19-9-7-17-31(33)25-37(40)38-26-32-18-8-10-20-34(32)28-41(38)51/h1-28H. The number of aromatic nitrogens is 4. The first kappa shape index (κ1) is 28.7. The molecule has 242 valence electrons. The van der Waals surface area contributed by atoms with Crippen LogP contribution in [0.2, 0.25) is 0 Å². The lowest BCUT2D eigenvalue weighted by atomic mass is 10.0. The van der Waals surface area contributed by atoms with Crippen molar-refractivity contribution < 1.29 is 4.42 Å². The lowest BCUT2D eigenvalue weighted by Crippen LogP contribution is -2.01. The molecule has 3 heterocycles. The Labute approximate surface area is 298 Å². The number of fused-ring (bicyclic) bond motifs is 8. The zero-order chi connectivity index (χ0) is 34.2. The summed E-state index contributed by atoms with van der Waals surface area (Å²) in [5, 5.41) is 9.18. The highest BCUT2D eigenvalue weighted by Gasteiger charge is 2.23. The van der Waals surface area contributed by atoms with E-state index in [0.717, 1.165) is 55.3 Å². The summed E-state index contributed by atoms with van der Waals surface area (Å²) in [6.07, 6.45) is 0. The molecular weight excluding hydrogens is 637 g/mol. The molecule has 0 spiro atoms. The van der Waals surface area contributed by atoms with Crippen molar-refractivity contribution in [3.05, 3.63) is 170 Å². The summed E-state index contributed by atoms with van der Waals surface area (Å²) in [6.45, 7) is 0. The van der Waals surface area contributed by atoms with Gasteiger partial charge < -0.3 is 8.98 Å². The molecule has 0 aliphatic heterocycles. The first-order valence-corrected chi connectivity index (χ1v) is 17.4. The van der Waals surface area contributed by atoms with Gasteiger partial charge in [0.15, 0.2) is 23.1 Å². The van der Waals surface area contributed by atoms with E-state index in [4.69, 9.17) is 19.4 Å². The number of para-hydroxylation sites is 1. The third-order valence-corrected chi connectivity index (χ3v) is 10.2. The number of hydrogen-bond donors (Lipinski definition) is 0. The average Bonchev–Trinajstić information content (AvgIpc) is 3.75. The molecule has 0 fully saturated rings. The smallest absolute Gasteiger partial charge is 0.164 e. The molecular formula is C47H28N4O. The van der Waals surface area contributed by atoms with Gasteiger partial charge in [-0.15, -0.1) is 0 Å². The maximum absolute atomic E-state index is 6.88. The Kier molecular flexibility index (Phi) is 6.18. The van der Waals surface area contributed by atoms with Crippen molar-refractivity contribution in [3.63, 3.8) is 0 Å². The highest BCUT2D eigenvalue weighted by Crippen LogP contribution is 2.43. The quantitative estimate of drug-likeness (QED) is 0.188. The molecule has 0 saturated carbocycles. The minimum absolute atomic E-state index is 0.593. The van der Waals surface area contributed by atoms with E-state index >= 15 is 0 Å². The molecule has 11 rings (SSSR count). The number of benzene rings is 8. The van der Waals surface area contributed by atoms with Crippen molar-refractivity contribution >= 4 is 65.3 Å². The maximum Gasteiger partial charge on any atom is 0.164 e. The van der Waals surface area contributed by atoms with E-state index in [0.29, 0.717) is 17.5 Å². The van der Waals surface area contributed by atoms with E-state index < -0.39 is 0 Å². The summed E-state index contributed by atoms with van der Waals surface area (Å²) in [4.78, 5) is 15.2. The highest BCUT2D eigenvalue weighted by atomic mass is 16.3. The van der Waals surface area contributed by atoms with Gasteiger partial charge in [-0.05, 0) is 64.0 Å². The number of rotatable bonds is 4. The van der Waals surface area contributed by atoms with E-state index in [9.17, 15) is 0 Å². The monoisotopic (exact) mass is 664 g/mol. The van der Waals surface area contributed by atoms with Crippen molar-refractivity contribution in [1.82, 2.24) is 19.5 Å². The molecule has 0 atom stereocenters. The molecule has 5 nitrogen and oxygen atoms in total. The van der Waals surface area contributed by atoms with Crippen LogP contribution in [0.4, 0.5) is 0 Å². The van der Waals surface area contributed by atoms with Crippen LogP contribution in [0.5, 0.6) is 0 Å². The van der Waals surface area contributed by atoms with Crippen LogP contribution in [0, 0.1) is 0 Å². The number of furan rings is 1. The van der Waals surface area contributed by atoms with Crippen LogP contribution in [0.1, 0.15) is 0 Å². The van der Waals surface area contributed by atoms with Crippen LogP contribution in [-0.4, -0.2) is 19.5 Å². The molecule has 5 heteroatoms. The SMILES string of the molecule is c1ccc(-c2nc(-c3ccccc3)nc(-c3ccc(-n4c5cc6ccccc6cc5c5cc6ccccc6cc54)c4oc5ccccc5c34)n2)cc1. The minimum Gasteiger partial charge on any atom is -0.454 e. The molecule has 0 bridgehead atoms. The van der Waals surface area contributed by atoms with Crippen LogP contribution in [0.3, 0.4) is 0 Å². The molecule has 11 aromatic rings. The van der Waals surface area contributed by atoms with E-state index in [1.165, 1.54) is 32.3 Å². The van der Waals surface area contributed by atoms with Crippen molar-refractivity contribution in [3.8, 4) is 39.9 Å². The van der Waals surface area contributed by atoms with E-state index in [-0.39, 0.29) is 0 Å². The summed E-state index contributed by atoms with van der Waals surface area (Å²) in [7, 11) is 0. The Morgan fingerprint density at radius 3 is 1.46 bits per heavy atom. The van der Waals surface area contributed by atoms with Gasteiger partial charge in [0.05, 0.1) is 16.7 Å². The first-order valence-electron chi connectivity index (χ1n) is 17.4. The maximum atomic E-state index is 6.88. The highest BCUT2D eigenvalue weighted by molar-refractivity contribution is 6.19. The van der Waals surface area contributed by atoms with Gasteiger partial charge in [0, 0.05) is 38.2 Å². The molecule has 3 aromatic heterocycles. The molecule has 0 aliphatic carbocycles. The van der Waals surface area contributed by atoms with Gasteiger partial charge in [0.2, 0.25) is 0 Å². The Hall–Kier alpha value is -7.11. The van der Waals surface area contributed by atoms with Crippen LogP contribution >= 0.6 is 0 Å². The Bertz CT molecular complexity index is 3030. The molecule has 0 aliphatic rings. The Morgan fingerprint density at radius 2 is 0.885 bits per heavy atom. The second kappa shape index (κ2) is 11.2. The van der Waals surface area contributed by atoms with Gasteiger partial charge in [-0.3, -0.25) is 0 Å². The topological polar surface area (TPSA) is 56.7 Å². The second-order valence-corrected chi connectivity index (χ2v) is 13.2.